The molecule has 0 radical (unpaired) electrons. The van der Waals surface area contributed by atoms with Crippen molar-refractivity contribution in [3.05, 3.63) is 41.1 Å². The Hall–Kier alpha value is -2.67. The monoisotopic (exact) mass is 582 g/mol. The summed E-state index contributed by atoms with van der Waals surface area (Å²) in [4.78, 5) is 23.9. The molecule has 0 saturated carbocycles. The lowest BCUT2D eigenvalue weighted by Crippen LogP contribution is -2.64. The van der Waals surface area contributed by atoms with Crippen molar-refractivity contribution in [2.24, 2.45) is 0 Å². The SMILES string of the molecule is C[Si](C)(C)CCN(C(=O)O)C1(c2ccc(-c3nc(N4CC[C@@H]4CF)nc4c3CCC4(F)F)cc2)CS(=O)(=O)C1. The molecule has 39 heavy (non-hydrogen) atoms. The number of benzene rings is 1. The third-order valence-corrected chi connectivity index (χ3v) is 11.6. The van der Waals surface area contributed by atoms with Crippen LogP contribution in [0.5, 0.6) is 0 Å². The zero-order chi connectivity index (χ0) is 28.4. The van der Waals surface area contributed by atoms with Crippen molar-refractivity contribution in [3.8, 4) is 11.3 Å². The second-order valence-corrected chi connectivity index (χ2v) is 19.8. The molecule has 2 aromatic rings. The summed E-state index contributed by atoms with van der Waals surface area (Å²) in [5, 5.41) is 10.1. The van der Waals surface area contributed by atoms with Crippen molar-refractivity contribution in [1.29, 1.82) is 0 Å². The normalized spacial score (nSPS) is 22.5. The lowest BCUT2D eigenvalue weighted by atomic mass is 9.89. The molecule has 1 aromatic heterocycles. The summed E-state index contributed by atoms with van der Waals surface area (Å²) in [6.45, 7) is 6.46. The van der Waals surface area contributed by atoms with Crippen molar-refractivity contribution < 1.29 is 31.5 Å². The summed E-state index contributed by atoms with van der Waals surface area (Å²) in [7, 11) is -5.03. The van der Waals surface area contributed by atoms with Crippen LogP contribution < -0.4 is 4.90 Å². The van der Waals surface area contributed by atoms with Crippen molar-refractivity contribution in [2.45, 2.75) is 62.5 Å². The van der Waals surface area contributed by atoms with Crippen LogP contribution >= 0.6 is 0 Å². The van der Waals surface area contributed by atoms with Crippen LogP contribution in [0.1, 0.15) is 29.7 Å². The molecule has 1 amide bonds. The number of sulfone groups is 1. The number of rotatable bonds is 8. The number of carboxylic acid groups (broad SMARTS) is 1. The lowest BCUT2D eigenvalue weighted by Gasteiger charge is -2.49. The molecule has 1 aromatic carbocycles. The number of hydrogen-bond donors (Lipinski definition) is 1. The minimum atomic E-state index is -3.41. The molecule has 0 unspecified atom stereocenters. The Morgan fingerprint density at radius 1 is 1.18 bits per heavy atom. The zero-order valence-electron chi connectivity index (χ0n) is 22.3. The van der Waals surface area contributed by atoms with Gasteiger partial charge in [-0.15, -0.1) is 0 Å². The maximum Gasteiger partial charge on any atom is 0.408 e. The summed E-state index contributed by atoms with van der Waals surface area (Å²) in [5.74, 6) is -3.65. The minimum absolute atomic E-state index is 0.0771. The second kappa shape index (κ2) is 9.46. The van der Waals surface area contributed by atoms with Gasteiger partial charge in [-0.2, -0.15) is 8.78 Å². The molecule has 2 saturated heterocycles. The van der Waals surface area contributed by atoms with Gasteiger partial charge < -0.3 is 10.0 Å². The average Bonchev–Trinajstić information content (AvgIpc) is 3.10. The number of nitrogens with zero attached hydrogens (tertiary/aromatic N) is 4. The van der Waals surface area contributed by atoms with E-state index in [1.807, 2.05) is 0 Å². The number of carbonyl (C=O) groups is 1. The van der Waals surface area contributed by atoms with E-state index in [9.17, 15) is 31.5 Å². The predicted octanol–water partition coefficient (Wildman–Crippen LogP) is 4.67. The molecule has 0 spiro atoms. The van der Waals surface area contributed by atoms with Gasteiger partial charge in [0, 0.05) is 38.7 Å². The van der Waals surface area contributed by atoms with Gasteiger partial charge >= 0.3 is 6.09 Å². The van der Waals surface area contributed by atoms with Crippen LogP contribution in [0.25, 0.3) is 11.3 Å². The van der Waals surface area contributed by atoms with Crippen molar-refractivity contribution in [1.82, 2.24) is 14.9 Å². The summed E-state index contributed by atoms with van der Waals surface area (Å²) in [6, 6.07) is 6.93. The van der Waals surface area contributed by atoms with E-state index in [1.165, 1.54) is 4.90 Å². The van der Waals surface area contributed by atoms with Gasteiger partial charge in [-0.25, -0.2) is 27.6 Å². The topological polar surface area (TPSA) is 104 Å². The predicted molar refractivity (Wildman–Crippen MR) is 145 cm³/mol. The van der Waals surface area contributed by atoms with Crippen molar-refractivity contribution >= 4 is 30.0 Å². The van der Waals surface area contributed by atoms with Crippen LogP contribution in [0.15, 0.2) is 24.3 Å². The molecule has 212 valence electrons. The fourth-order valence-corrected chi connectivity index (χ4v) is 8.60. The summed E-state index contributed by atoms with van der Waals surface area (Å²) >= 11 is 0. The molecule has 13 heteroatoms. The first-order valence-corrected chi connectivity index (χ1v) is 18.6. The minimum Gasteiger partial charge on any atom is -0.465 e. The number of amides is 1. The standard InChI is InChI=1S/C26H33F3N4O4SSi/c1-39(2,3)13-12-33(24(34)35)25(15-38(36,37)16-25)18-6-4-17(5-7-18)21-20-8-10-26(28,29)22(20)31-23(30-21)32-11-9-19(32)14-27/h4-7,19H,8-16H2,1-3H3,(H,34,35)/t19-/m1/s1. The second-order valence-electron chi connectivity index (χ2n) is 12.1. The van der Waals surface area contributed by atoms with Crippen LogP contribution in [0, 0.1) is 0 Å². The Balaban J connectivity index is 1.54. The molecule has 0 bridgehead atoms. The van der Waals surface area contributed by atoms with Crippen LogP contribution in [0.2, 0.25) is 25.7 Å². The van der Waals surface area contributed by atoms with Crippen molar-refractivity contribution in [3.63, 3.8) is 0 Å². The Morgan fingerprint density at radius 3 is 2.36 bits per heavy atom. The van der Waals surface area contributed by atoms with E-state index in [0.717, 1.165) is 0 Å². The van der Waals surface area contributed by atoms with Gasteiger partial charge in [0.2, 0.25) is 5.95 Å². The Morgan fingerprint density at radius 2 is 1.85 bits per heavy atom. The number of halogens is 3. The molecule has 2 aliphatic heterocycles. The molecule has 1 N–H and O–H groups in total. The van der Waals surface area contributed by atoms with Gasteiger partial charge in [-0.3, -0.25) is 4.90 Å². The molecular weight excluding hydrogens is 549 g/mol. The Kier molecular flexibility index (Phi) is 6.76. The molecule has 1 atom stereocenters. The molecule has 1 aliphatic carbocycles. The average molecular weight is 583 g/mol. The van der Waals surface area contributed by atoms with Crippen molar-refractivity contribution in [2.75, 3.05) is 36.2 Å². The quantitative estimate of drug-likeness (QED) is 0.451. The van der Waals surface area contributed by atoms with Crippen LogP contribution in [0.4, 0.5) is 23.9 Å². The number of hydrogen-bond acceptors (Lipinski definition) is 6. The maximum absolute atomic E-state index is 14.7. The van der Waals surface area contributed by atoms with E-state index in [4.69, 9.17) is 0 Å². The van der Waals surface area contributed by atoms with E-state index < -0.39 is 48.2 Å². The van der Waals surface area contributed by atoms with Gasteiger partial charge in [-0.05, 0) is 24.4 Å². The fraction of sp³-hybridized carbons (Fsp3) is 0.577. The third kappa shape index (κ3) is 5.03. The summed E-state index contributed by atoms with van der Waals surface area (Å²) in [5.41, 5.74) is 0.219. The fourth-order valence-electron chi connectivity index (χ4n) is 5.69. The highest BCUT2D eigenvalue weighted by molar-refractivity contribution is 7.93. The van der Waals surface area contributed by atoms with Crippen LogP contribution in [-0.2, 0) is 27.7 Å². The molecule has 2 fully saturated rings. The number of anilines is 1. The highest BCUT2D eigenvalue weighted by atomic mass is 32.2. The maximum atomic E-state index is 14.7. The smallest absolute Gasteiger partial charge is 0.408 e. The molecule has 8 nitrogen and oxygen atoms in total. The highest BCUT2D eigenvalue weighted by Gasteiger charge is 2.55. The number of fused-ring (bicyclic) bond motifs is 1. The Bertz CT molecular complexity index is 1390. The van der Waals surface area contributed by atoms with Crippen LogP contribution in [-0.4, -0.2) is 79.9 Å². The van der Waals surface area contributed by atoms with Gasteiger partial charge in [0.25, 0.3) is 5.92 Å². The third-order valence-electron chi connectivity index (χ3n) is 8.06. The van der Waals surface area contributed by atoms with E-state index in [1.54, 1.807) is 29.2 Å². The first-order chi connectivity index (χ1) is 18.2. The van der Waals surface area contributed by atoms with Gasteiger partial charge in [0.15, 0.2) is 9.84 Å². The largest absolute Gasteiger partial charge is 0.465 e. The molecule has 5 rings (SSSR count). The van der Waals surface area contributed by atoms with Gasteiger partial charge in [0.05, 0.1) is 28.8 Å². The number of aromatic nitrogens is 2. The van der Waals surface area contributed by atoms with Gasteiger partial charge in [-0.1, -0.05) is 43.9 Å². The van der Waals surface area contributed by atoms with E-state index in [2.05, 4.69) is 29.6 Å². The van der Waals surface area contributed by atoms with Gasteiger partial charge in [0.1, 0.15) is 12.4 Å². The number of alkyl halides is 3. The molecule has 3 heterocycles. The Labute approximate surface area is 227 Å². The van der Waals surface area contributed by atoms with E-state index in [0.29, 0.717) is 41.4 Å². The zero-order valence-corrected chi connectivity index (χ0v) is 24.1. The van der Waals surface area contributed by atoms with E-state index >= 15 is 0 Å². The van der Waals surface area contributed by atoms with E-state index in [-0.39, 0.29) is 42.5 Å². The first-order valence-electron chi connectivity index (χ1n) is 13.1. The first kappa shape index (κ1) is 27.9. The molecular formula is C26H33F3N4O4SSi. The summed E-state index contributed by atoms with van der Waals surface area (Å²) in [6.07, 6.45) is -0.869. The highest BCUT2D eigenvalue weighted by Crippen LogP contribution is 2.46. The summed E-state index contributed by atoms with van der Waals surface area (Å²) < 4.78 is 67.6. The molecule has 3 aliphatic rings. The van der Waals surface area contributed by atoms with Crippen LogP contribution in [0.3, 0.4) is 0 Å². The lowest BCUT2D eigenvalue weighted by molar-refractivity contribution is -0.00596.